The van der Waals surface area contributed by atoms with Gasteiger partial charge in [0.05, 0.1) is 17.2 Å². The first kappa shape index (κ1) is 17.9. The van der Waals surface area contributed by atoms with Crippen LogP contribution in [0.25, 0.3) is 0 Å². The van der Waals surface area contributed by atoms with Gasteiger partial charge in [0, 0.05) is 25.1 Å². The summed E-state index contributed by atoms with van der Waals surface area (Å²) in [6, 6.07) is 15.5. The summed E-state index contributed by atoms with van der Waals surface area (Å²) >= 11 is 7.83. The highest BCUT2D eigenvalue weighted by molar-refractivity contribution is 7.98. The second-order valence-corrected chi connectivity index (χ2v) is 6.34. The number of hydrogen-bond acceptors (Lipinski definition) is 3. The predicted octanol–water partition coefficient (Wildman–Crippen LogP) is 4.35. The molecule has 0 saturated carbocycles. The molecule has 0 aliphatic heterocycles. The maximum absolute atomic E-state index is 12.9. The lowest BCUT2D eigenvalue weighted by Gasteiger charge is -2.23. The first-order chi connectivity index (χ1) is 11.2. The van der Waals surface area contributed by atoms with E-state index in [0.29, 0.717) is 30.3 Å². The van der Waals surface area contributed by atoms with Crippen molar-refractivity contribution in [3.63, 3.8) is 0 Å². The highest BCUT2D eigenvalue weighted by Crippen LogP contribution is 2.24. The van der Waals surface area contributed by atoms with Crippen molar-refractivity contribution in [3.8, 4) is 0 Å². The quantitative estimate of drug-likeness (QED) is 0.696. The predicted molar refractivity (Wildman–Crippen MR) is 96.3 cm³/mol. The molecule has 0 spiro atoms. The van der Waals surface area contributed by atoms with Crippen LogP contribution >= 0.6 is 23.4 Å². The minimum Gasteiger partial charge on any atom is -0.383 e. The van der Waals surface area contributed by atoms with Crippen LogP contribution in [0.4, 0.5) is 0 Å². The molecule has 0 atom stereocenters. The summed E-state index contributed by atoms with van der Waals surface area (Å²) in [5, 5.41) is 0.475. The first-order valence-corrected chi connectivity index (χ1v) is 8.91. The Labute approximate surface area is 146 Å². The molecular formula is C18H20ClNO2S. The smallest absolute Gasteiger partial charge is 0.255 e. The van der Waals surface area contributed by atoms with Gasteiger partial charge in [-0.15, -0.1) is 11.8 Å². The van der Waals surface area contributed by atoms with Gasteiger partial charge >= 0.3 is 0 Å². The molecule has 23 heavy (non-hydrogen) atoms. The Morgan fingerprint density at radius 3 is 2.61 bits per heavy atom. The number of hydrogen-bond donors (Lipinski definition) is 0. The Bertz CT molecular complexity index is 649. The number of carbonyl (C=O) groups is 1. The zero-order valence-electron chi connectivity index (χ0n) is 13.3. The van der Waals surface area contributed by atoms with Crippen molar-refractivity contribution in [2.75, 3.05) is 26.5 Å². The lowest BCUT2D eigenvalue weighted by atomic mass is 10.1. The normalized spacial score (nSPS) is 10.6. The summed E-state index contributed by atoms with van der Waals surface area (Å²) in [5.41, 5.74) is 1.61. The molecule has 3 nitrogen and oxygen atoms in total. The average Bonchev–Trinajstić information content (AvgIpc) is 2.59. The second kappa shape index (κ2) is 8.96. The third-order valence-electron chi connectivity index (χ3n) is 3.47. The van der Waals surface area contributed by atoms with Crippen molar-refractivity contribution < 1.29 is 9.53 Å². The van der Waals surface area contributed by atoms with Crippen molar-refractivity contribution >= 4 is 29.3 Å². The lowest BCUT2D eigenvalue weighted by molar-refractivity contribution is 0.0680. The Morgan fingerprint density at radius 1 is 1.22 bits per heavy atom. The molecular weight excluding hydrogens is 330 g/mol. The number of benzene rings is 2. The maximum atomic E-state index is 12.9. The molecule has 0 radical (unpaired) electrons. The molecule has 0 fully saturated rings. The molecule has 0 aliphatic carbocycles. The number of carbonyl (C=O) groups excluding carboxylic acids is 1. The van der Waals surface area contributed by atoms with E-state index in [1.165, 1.54) is 0 Å². The van der Waals surface area contributed by atoms with E-state index in [0.717, 1.165) is 10.5 Å². The van der Waals surface area contributed by atoms with Crippen LogP contribution in [0.1, 0.15) is 15.9 Å². The van der Waals surface area contributed by atoms with Crippen LogP contribution in [0.2, 0.25) is 5.02 Å². The summed E-state index contributed by atoms with van der Waals surface area (Å²) < 4.78 is 5.14. The van der Waals surface area contributed by atoms with Gasteiger partial charge in [-0.25, -0.2) is 0 Å². The van der Waals surface area contributed by atoms with Crippen LogP contribution in [0.3, 0.4) is 0 Å². The Hall–Kier alpha value is -1.49. The standard InChI is InChI=1S/C18H20ClNO2S/c1-22-11-10-20(13-14-6-4-3-5-7-14)18(21)16-12-15(23-2)8-9-17(16)19/h3-9,12H,10-11,13H2,1-2H3. The summed E-state index contributed by atoms with van der Waals surface area (Å²) in [7, 11) is 1.63. The third kappa shape index (κ3) is 4.99. The molecule has 0 unspecified atom stereocenters. The molecule has 0 aromatic heterocycles. The van der Waals surface area contributed by atoms with E-state index in [9.17, 15) is 4.79 Å². The van der Waals surface area contributed by atoms with Gasteiger partial charge in [0.25, 0.3) is 5.91 Å². The average molecular weight is 350 g/mol. The third-order valence-corrected chi connectivity index (χ3v) is 4.53. The molecule has 0 saturated heterocycles. The number of ether oxygens (including phenoxy) is 1. The van der Waals surface area contributed by atoms with Crippen molar-refractivity contribution in [2.24, 2.45) is 0 Å². The summed E-state index contributed by atoms with van der Waals surface area (Å²) in [4.78, 5) is 15.7. The van der Waals surface area contributed by atoms with Gasteiger partial charge < -0.3 is 9.64 Å². The van der Waals surface area contributed by atoms with E-state index in [-0.39, 0.29) is 5.91 Å². The molecule has 2 aromatic rings. The fraction of sp³-hybridized carbons (Fsp3) is 0.278. The van der Waals surface area contributed by atoms with E-state index >= 15 is 0 Å². The van der Waals surface area contributed by atoms with E-state index in [1.54, 1.807) is 29.8 Å². The number of nitrogens with zero attached hydrogens (tertiary/aromatic N) is 1. The minimum absolute atomic E-state index is 0.0770. The summed E-state index contributed by atoms with van der Waals surface area (Å²) in [6.07, 6.45) is 1.98. The van der Waals surface area contributed by atoms with Crippen molar-refractivity contribution in [3.05, 3.63) is 64.7 Å². The Balaban J connectivity index is 2.25. The van der Waals surface area contributed by atoms with Gasteiger partial charge in [-0.1, -0.05) is 41.9 Å². The topological polar surface area (TPSA) is 29.5 Å². The van der Waals surface area contributed by atoms with Crippen LogP contribution in [0.15, 0.2) is 53.4 Å². The highest BCUT2D eigenvalue weighted by atomic mass is 35.5. The summed E-state index contributed by atoms with van der Waals surface area (Å²) in [6.45, 7) is 1.53. The van der Waals surface area contributed by atoms with Gasteiger partial charge in [0.2, 0.25) is 0 Å². The van der Waals surface area contributed by atoms with Gasteiger partial charge in [-0.05, 0) is 30.0 Å². The van der Waals surface area contributed by atoms with Gasteiger partial charge in [-0.2, -0.15) is 0 Å². The monoisotopic (exact) mass is 349 g/mol. The van der Waals surface area contributed by atoms with Gasteiger partial charge in [-0.3, -0.25) is 4.79 Å². The molecule has 2 aromatic carbocycles. The molecule has 0 bridgehead atoms. The number of methoxy groups -OCH3 is 1. The number of halogens is 1. The zero-order valence-corrected chi connectivity index (χ0v) is 14.9. The summed E-state index contributed by atoms with van der Waals surface area (Å²) in [5.74, 6) is -0.0770. The zero-order chi connectivity index (χ0) is 16.7. The molecule has 122 valence electrons. The van der Waals surface area contributed by atoms with Crippen molar-refractivity contribution in [2.45, 2.75) is 11.4 Å². The number of thioether (sulfide) groups is 1. The highest BCUT2D eigenvalue weighted by Gasteiger charge is 2.19. The fourth-order valence-electron chi connectivity index (χ4n) is 2.22. The Morgan fingerprint density at radius 2 is 1.96 bits per heavy atom. The largest absolute Gasteiger partial charge is 0.383 e. The van der Waals surface area contributed by atoms with Crippen LogP contribution in [0.5, 0.6) is 0 Å². The maximum Gasteiger partial charge on any atom is 0.255 e. The van der Waals surface area contributed by atoms with Crippen LogP contribution < -0.4 is 0 Å². The second-order valence-electron chi connectivity index (χ2n) is 5.05. The van der Waals surface area contributed by atoms with E-state index in [1.807, 2.05) is 48.7 Å². The van der Waals surface area contributed by atoms with Gasteiger partial charge in [0.1, 0.15) is 0 Å². The van der Waals surface area contributed by atoms with E-state index in [4.69, 9.17) is 16.3 Å². The molecule has 1 amide bonds. The Kier molecular flexibility index (Phi) is 6.96. The molecule has 2 rings (SSSR count). The van der Waals surface area contributed by atoms with E-state index < -0.39 is 0 Å². The number of rotatable bonds is 7. The molecule has 5 heteroatoms. The lowest BCUT2D eigenvalue weighted by Crippen LogP contribution is -2.33. The van der Waals surface area contributed by atoms with Crippen molar-refractivity contribution in [1.29, 1.82) is 0 Å². The minimum atomic E-state index is -0.0770. The SMILES string of the molecule is COCCN(Cc1ccccc1)C(=O)c1cc(SC)ccc1Cl. The first-order valence-electron chi connectivity index (χ1n) is 7.31. The number of amides is 1. The van der Waals surface area contributed by atoms with Crippen LogP contribution in [-0.2, 0) is 11.3 Å². The van der Waals surface area contributed by atoms with Crippen LogP contribution in [0, 0.1) is 0 Å². The van der Waals surface area contributed by atoms with Crippen LogP contribution in [-0.4, -0.2) is 37.3 Å². The van der Waals surface area contributed by atoms with E-state index in [2.05, 4.69) is 0 Å². The molecule has 0 heterocycles. The molecule has 0 N–H and O–H groups in total. The fourth-order valence-corrected chi connectivity index (χ4v) is 2.86. The van der Waals surface area contributed by atoms with Gasteiger partial charge in [0.15, 0.2) is 0 Å². The molecule has 0 aliphatic rings. The van der Waals surface area contributed by atoms with Crippen molar-refractivity contribution in [1.82, 2.24) is 4.90 Å².